The molecule has 1 N–H and O–H groups in total. The molecule has 1 saturated heterocycles. The van der Waals surface area contributed by atoms with Crippen LogP contribution in [0, 0.1) is 0 Å². The molecule has 5 nitrogen and oxygen atoms in total. The number of nitrogens with one attached hydrogen (secondary N) is 1. The van der Waals surface area contributed by atoms with Gasteiger partial charge in [0, 0.05) is 32.7 Å². The van der Waals surface area contributed by atoms with E-state index < -0.39 is 10.0 Å². The Morgan fingerprint density at radius 3 is 2.42 bits per heavy atom. The maximum Gasteiger partial charge on any atom is 0.252 e. The Bertz CT molecular complexity index is 847. The molecule has 0 amide bonds. The van der Waals surface area contributed by atoms with E-state index in [1.165, 1.54) is 9.87 Å². The van der Waals surface area contributed by atoms with Crippen molar-refractivity contribution in [1.29, 1.82) is 0 Å². The molecule has 0 spiro atoms. The first-order chi connectivity index (χ1) is 12.5. The van der Waals surface area contributed by atoms with Crippen molar-refractivity contribution in [3.63, 3.8) is 0 Å². The number of halogens is 1. The molecule has 1 aliphatic heterocycles. The smallest absolute Gasteiger partial charge is 0.252 e. The Balaban J connectivity index is 1.48. The average molecular weight is 430 g/mol. The first kappa shape index (κ1) is 19.6. The van der Waals surface area contributed by atoms with E-state index in [9.17, 15) is 8.42 Å². The Kier molecular flexibility index (Phi) is 6.52. The largest absolute Gasteiger partial charge is 0.362 e. The van der Waals surface area contributed by atoms with Gasteiger partial charge in [0.25, 0.3) is 10.0 Å². The van der Waals surface area contributed by atoms with Crippen LogP contribution in [-0.4, -0.2) is 55.5 Å². The molecule has 26 heavy (non-hydrogen) atoms. The molecule has 0 bridgehead atoms. The third-order valence-electron chi connectivity index (χ3n) is 4.20. The van der Waals surface area contributed by atoms with Gasteiger partial charge in [0.15, 0.2) is 5.11 Å². The van der Waals surface area contributed by atoms with Crippen molar-refractivity contribution < 1.29 is 8.42 Å². The summed E-state index contributed by atoms with van der Waals surface area (Å²) in [4.78, 5) is 2.02. The lowest BCUT2D eigenvalue weighted by molar-refractivity contribution is 0.264. The molecular formula is C17H20ClN3O2S3. The van der Waals surface area contributed by atoms with Gasteiger partial charge in [0.2, 0.25) is 0 Å². The van der Waals surface area contributed by atoms with Crippen molar-refractivity contribution in [2.75, 3.05) is 32.7 Å². The highest BCUT2D eigenvalue weighted by Crippen LogP contribution is 2.28. The number of piperazine rings is 1. The molecule has 0 saturated carbocycles. The quantitative estimate of drug-likeness (QED) is 0.740. The van der Waals surface area contributed by atoms with E-state index in [0.717, 1.165) is 24.3 Å². The lowest BCUT2D eigenvalue weighted by Crippen LogP contribution is -2.53. The molecule has 0 atom stereocenters. The summed E-state index contributed by atoms with van der Waals surface area (Å²) in [5, 5.41) is 3.94. The minimum Gasteiger partial charge on any atom is -0.362 e. The van der Waals surface area contributed by atoms with Crippen LogP contribution in [0.3, 0.4) is 0 Å². The molecule has 1 fully saturated rings. The van der Waals surface area contributed by atoms with E-state index in [-0.39, 0.29) is 0 Å². The second-order valence-corrected chi connectivity index (χ2v) is 10.2. The van der Waals surface area contributed by atoms with Crippen LogP contribution in [0.15, 0.2) is 46.7 Å². The number of rotatable bonds is 5. The monoisotopic (exact) mass is 429 g/mol. The zero-order valence-corrected chi connectivity index (χ0v) is 17.3. The molecular weight excluding hydrogens is 410 g/mol. The maximum absolute atomic E-state index is 12.6. The minimum absolute atomic E-state index is 0.291. The Morgan fingerprint density at radius 1 is 1.12 bits per heavy atom. The minimum atomic E-state index is -3.47. The third-order valence-corrected chi connectivity index (χ3v) is 8.20. The SMILES string of the molecule is O=S(=O)(c1ccc(Cl)s1)N1CCN(C(=S)NCCc2ccccc2)CC1. The third kappa shape index (κ3) is 4.75. The van der Waals surface area contributed by atoms with E-state index in [0.29, 0.717) is 39.8 Å². The molecule has 3 rings (SSSR count). The molecule has 1 aromatic carbocycles. The van der Waals surface area contributed by atoms with Crippen LogP contribution in [0.4, 0.5) is 0 Å². The summed E-state index contributed by atoms with van der Waals surface area (Å²) in [7, 11) is -3.47. The molecule has 0 radical (unpaired) electrons. The molecule has 2 aromatic rings. The van der Waals surface area contributed by atoms with Crippen LogP contribution in [-0.2, 0) is 16.4 Å². The van der Waals surface area contributed by atoms with Crippen molar-refractivity contribution in [3.05, 3.63) is 52.4 Å². The summed E-state index contributed by atoms with van der Waals surface area (Å²) in [5.74, 6) is 0. The summed E-state index contributed by atoms with van der Waals surface area (Å²) < 4.78 is 27.5. The number of hydrogen-bond acceptors (Lipinski definition) is 4. The standard InChI is InChI=1S/C17H20ClN3O2S3/c18-15-6-7-16(25-15)26(22,23)21-12-10-20(11-13-21)17(24)19-9-8-14-4-2-1-3-5-14/h1-7H,8-13H2,(H,19,24). The summed E-state index contributed by atoms with van der Waals surface area (Å²) >= 11 is 12.4. The second kappa shape index (κ2) is 8.67. The fourth-order valence-electron chi connectivity index (χ4n) is 2.77. The number of nitrogens with zero attached hydrogens (tertiary/aromatic N) is 2. The average Bonchev–Trinajstić information content (AvgIpc) is 3.10. The number of thiocarbonyl (C=S) groups is 1. The summed E-state index contributed by atoms with van der Waals surface area (Å²) in [6.07, 6.45) is 0.897. The van der Waals surface area contributed by atoms with E-state index in [1.807, 2.05) is 23.1 Å². The van der Waals surface area contributed by atoms with Crippen molar-refractivity contribution in [2.24, 2.45) is 0 Å². The predicted octanol–water partition coefficient (Wildman–Crippen LogP) is 2.83. The van der Waals surface area contributed by atoms with Crippen LogP contribution >= 0.6 is 35.2 Å². The van der Waals surface area contributed by atoms with E-state index in [1.54, 1.807) is 12.1 Å². The topological polar surface area (TPSA) is 52.7 Å². The van der Waals surface area contributed by atoms with Gasteiger partial charge < -0.3 is 10.2 Å². The van der Waals surface area contributed by atoms with Gasteiger partial charge >= 0.3 is 0 Å². The van der Waals surface area contributed by atoms with Gasteiger partial charge in [0.05, 0.1) is 4.34 Å². The summed E-state index contributed by atoms with van der Waals surface area (Å²) in [6, 6.07) is 13.4. The van der Waals surface area contributed by atoms with Crippen molar-refractivity contribution in [1.82, 2.24) is 14.5 Å². The van der Waals surface area contributed by atoms with Crippen LogP contribution in [0.2, 0.25) is 4.34 Å². The fourth-order valence-corrected chi connectivity index (χ4v) is 6.11. The van der Waals surface area contributed by atoms with E-state index in [2.05, 4.69) is 17.4 Å². The number of sulfonamides is 1. The van der Waals surface area contributed by atoms with Gasteiger partial charge in [-0.3, -0.25) is 0 Å². The zero-order valence-electron chi connectivity index (χ0n) is 14.1. The van der Waals surface area contributed by atoms with Crippen molar-refractivity contribution in [3.8, 4) is 0 Å². The Labute approximate surface area is 168 Å². The normalized spacial score (nSPS) is 15.8. The zero-order chi connectivity index (χ0) is 18.6. The Hall–Kier alpha value is -1.19. The van der Waals surface area contributed by atoms with Crippen LogP contribution in [0.25, 0.3) is 0 Å². The van der Waals surface area contributed by atoms with E-state index in [4.69, 9.17) is 23.8 Å². The van der Waals surface area contributed by atoms with Gasteiger partial charge in [-0.05, 0) is 36.3 Å². The van der Waals surface area contributed by atoms with Gasteiger partial charge in [-0.2, -0.15) is 4.31 Å². The molecule has 9 heteroatoms. The second-order valence-electron chi connectivity index (χ2n) is 5.92. The van der Waals surface area contributed by atoms with Gasteiger partial charge in [-0.15, -0.1) is 11.3 Å². The first-order valence-electron chi connectivity index (χ1n) is 8.29. The van der Waals surface area contributed by atoms with Crippen LogP contribution in [0.1, 0.15) is 5.56 Å². The predicted molar refractivity (Wildman–Crippen MR) is 110 cm³/mol. The molecule has 1 aromatic heterocycles. The van der Waals surface area contributed by atoms with Crippen molar-refractivity contribution >= 4 is 50.3 Å². The summed E-state index contributed by atoms with van der Waals surface area (Å²) in [6.45, 7) is 2.75. The Morgan fingerprint density at radius 2 is 1.81 bits per heavy atom. The van der Waals surface area contributed by atoms with Gasteiger partial charge in [-0.25, -0.2) is 8.42 Å². The molecule has 140 valence electrons. The number of thiophene rings is 1. The van der Waals surface area contributed by atoms with Crippen molar-refractivity contribution in [2.45, 2.75) is 10.6 Å². The van der Waals surface area contributed by atoms with E-state index >= 15 is 0 Å². The summed E-state index contributed by atoms with van der Waals surface area (Å²) in [5.41, 5.74) is 1.26. The highest BCUT2D eigenvalue weighted by atomic mass is 35.5. The van der Waals surface area contributed by atoms with Gasteiger partial charge in [-0.1, -0.05) is 41.9 Å². The van der Waals surface area contributed by atoms with Crippen LogP contribution < -0.4 is 5.32 Å². The molecule has 1 aliphatic rings. The first-order valence-corrected chi connectivity index (χ1v) is 11.3. The molecule has 0 aliphatic carbocycles. The van der Waals surface area contributed by atoms with Crippen LogP contribution in [0.5, 0.6) is 0 Å². The highest BCUT2D eigenvalue weighted by Gasteiger charge is 2.30. The lowest BCUT2D eigenvalue weighted by Gasteiger charge is -2.35. The fraction of sp³-hybridized carbons (Fsp3) is 0.353. The lowest BCUT2D eigenvalue weighted by atomic mass is 10.1. The maximum atomic E-state index is 12.6. The highest BCUT2D eigenvalue weighted by molar-refractivity contribution is 7.91. The molecule has 0 unspecified atom stereocenters. The number of hydrogen-bond donors (Lipinski definition) is 1. The number of benzene rings is 1. The molecule has 2 heterocycles. The van der Waals surface area contributed by atoms with Gasteiger partial charge in [0.1, 0.15) is 4.21 Å².